The fourth-order valence-electron chi connectivity index (χ4n) is 2.90. The molecule has 0 saturated heterocycles. The van der Waals surface area contributed by atoms with Crippen molar-refractivity contribution in [2.24, 2.45) is 12.8 Å². The molecule has 0 aliphatic heterocycles. The molecule has 104 valence electrons. The van der Waals surface area contributed by atoms with Crippen molar-refractivity contribution >= 4 is 18.0 Å². The molecular weight excluding hydrogens is 244 g/mol. The van der Waals surface area contributed by atoms with E-state index in [1.165, 1.54) is 0 Å². The molecule has 2 rings (SSSR count). The summed E-state index contributed by atoms with van der Waals surface area (Å²) in [5, 5.41) is 4.27. The molecule has 0 spiro atoms. The Morgan fingerprint density at radius 3 is 2.68 bits per heavy atom. The highest BCUT2D eigenvalue weighted by molar-refractivity contribution is 5.87. The molecule has 1 fully saturated rings. The van der Waals surface area contributed by atoms with Crippen LogP contribution in [0.4, 0.5) is 5.82 Å². The van der Waals surface area contributed by atoms with Crippen LogP contribution in [-0.2, 0) is 11.8 Å². The van der Waals surface area contributed by atoms with E-state index in [-0.39, 0.29) is 18.5 Å². The second kappa shape index (κ2) is 5.42. The van der Waals surface area contributed by atoms with Crippen molar-refractivity contribution in [3.05, 3.63) is 11.3 Å². The maximum Gasteiger partial charge on any atom is 0.237 e. The molecule has 19 heavy (non-hydrogen) atoms. The largest absolute Gasteiger partial charge is 0.368 e. The van der Waals surface area contributed by atoms with Crippen molar-refractivity contribution in [1.82, 2.24) is 9.78 Å². The van der Waals surface area contributed by atoms with Crippen LogP contribution in [0.5, 0.6) is 0 Å². The van der Waals surface area contributed by atoms with Crippen LogP contribution in [0.1, 0.15) is 41.7 Å². The van der Waals surface area contributed by atoms with Gasteiger partial charge in [0.1, 0.15) is 5.82 Å². The monoisotopic (exact) mass is 264 g/mol. The number of amides is 1. The minimum absolute atomic E-state index is 0.129. The van der Waals surface area contributed by atoms with Crippen molar-refractivity contribution < 1.29 is 9.59 Å². The van der Waals surface area contributed by atoms with E-state index in [9.17, 15) is 9.59 Å². The van der Waals surface area contributed by atoms with E-state index in [0.717, 1.165) is 32.0 Å². The number of nitrogens with zero attached hydrogens (tertiary/aromatic N) is 3. The molecule has 1 saturated carbocycles. The average Bonchev–Trinajstić information content (AvgIpc) is 2.94. The van der Waals surface area contributed by atoms with E-state index in [1.54, 1.807) is 18.7 Å². The van der Waals surface area contributed by atoms with Gasteiger partial charge in [0.25, 0.3) is 0 Å². The quantitative estimate of drug-likeness (QED) is 0.797. The first-order valence-electron chi connectivity index (χ1n) is 6.58. The van der Waals surface area contributed by atoms with Crippen LogP contribution in [0.15, 0.2) is 0 Å². The summed E-state index contributed by atoms with van der Waals surface area (Å²) in [6, 6.07) is 0.265. The van der Waals surface area contributed by atoms with Crippen molar-refractivity contribution in [2.45, 2.75) is 38.6 Å². The number of hydrogen-bond donors (Lipinski definition) is 1. The molecule has 6 heteroatoms. The zero-order valence-electron chi connectivity index (χ0n) is 11.4. The van der Waals surface area contributed by atoms with Crippen LogP contribution in [0.3, 0.4) is 0 Å². The molecule has 0 bridgehead atoms. The topological polar surface area (TPSA) is 81.2 Å². The Morgan fingerprint density at radius 1 is 1.53 bits per heavy atom. The Balaban J connectivity index is 2.41. The number of carbonyl (C=O) groups excluding carboxylic acids is 2. The fraction of sp³-hybridized carbons (Fsp3) is 0.615. The fourth-order valence-corrected chi connectivity index (χ4v) is 2.90. The summed E-state index contributed by atoms with van der Waals surface area (Å²) in [6.07, 6.45) is 5.15. The number of primary amides is 1. The molecule has 0 radical (unpaired) electrons. The lowest BCUT2D eigenvalue weighted by atomic mass is 10.1. The zero-order chi connectivity index (χ0) is 14.0. The molecule has 1 aliphatic carbocycles. The number of rotatable bonds is 5. The number of aryl methyl sites for hydroxylation is 2. The van der Waals surface area contributed by atoms with Crippen LogP contribution in [0.25, 0.3) is 0 Å². The first-order chi connectivity index (χ1) is 9.04. The normalized spacial score (nSPS) is 15.7. The van der Waals surface area contributed by atoms with Gasteiger partial charge in [-0.3, -0.25) is 14.3 Å². The number of hydrogen-bond acceptors (Lipinski definition) is 4. The molecule has 0 atom stereocenters. The third kappa shape index (κ3) is 2.62. The molecule has 1 aromatic rings. The van der Waals surface area contributed by atoms with Crippen molar-refractivity contribution in [3.63, 3.8) is 0 Å². The number of aldehydes is 1. The number of anilines is 1. The molecule has 1 aliphatic rings. The summed E-state index contributed by atoms with van der Waals surface area (Å²) in [4.78, 5) is 24.5. The van der Waals surface area contributed by atoms with Gasteiger partial charge in [0, 0.05) is 13.1 Å². The van der Waals surface area contributed by atoms with E-state index in [2.05, 4.69) is 5.10 Å². The van der Waals surface area contributed by atoms with E-state index < -0.39 is 0 Å². The lowest BCUT2D eigenvalue weighted by molar-refractivity contribution is -0.116. The molecule has 1 heterocycles. The highest BCUT2D eigenvalue weighted by Gasteiger charge is 2.28. The third-order valence-corrected chi connectivity index (χ3v) is 3.72. The smallest absolute Gasteiger partial charge is 0.237 e. The summed E-state index contributed by atoms with van der Waals surface area (Å²) in [5.74, 6) is 0.320. The Kier molecular flexibility index (Phi) is 3.87. The van der Waals surface area contributed by atoms with Crippen molar-refractivity contribution in [3.8, 4) is 0 Å². The first-order valence-corrected chi connectivity index (χ1v) is 6.58. The van der Waals surface area contributed by atoms with Crippen LogP contribution in [0.2, 0.25) is 0 Å². The first kappa shape index (κ1) is 13.6. The van der Waals surface area contributed by atoms with Gasteiger partial charge in [-0.15, -0.1) is 0 Å². The lowest BCUT2D eigenvalue weighted by Gasteiger charge is -2.30. The highest BCUT2D eigenvalue weighted by atomic mass is 16.1. The zero-order valence-corrected chi connectivity index (χ0v) is 11.4. The van der Waals surface area contributed by atoms with Crippen LogP contribution in [-0.4, -0.2) is 34.6 Å². The lowest BCUT2D eigenvalue weighted by Crippen LogP contribution is -2.41. The maximum atomic E-state index is 11.3. The van der Waals surface area contributed by atoms with Crippen molar-refractivity contribution in [1.29, 1.82) is 0 Å². The van der Waals surface area contributed by atoms with Gasteiger partial charge >= 0.3 is 0 Å². The Bertz CT molecular complexity index is 489. The molecule has 2 N–H and O–H groups in total. The van der Waals surface area contributed by atoms with Gasteiger partial charge in [0.15, 0.2) is 6.29 Å². The summed E-state index contributed by atoms with van der Waals surface area (Å²) in [7, 11) is 1.79. The average molecular weight is 264 g/mol. The summed E-state index contributed by atoms with van der Waals surface area (Å²) < 4.78 is 1.67. The van der Waals surface area contributed by atoms with E-state index in [4.69, 9.17) is 5.73 Å². The molecule has 1 amide bonds. The number of nitrogens with two attached hydrogens (primary N) is 1. The predicted molar refractivity (Wildman–Crippen MR) is 72.1 cm³/mol. The summed E-state index contributed by atoms with van der Waals surface area (Å²) in [5.41, 5.74) is 6.58. The van der Waals surface area contributed by atoms with Gasteiger partial charge in [-0.1, -0.05) is 12.8 Å². The number of carbonyl (C=O) groups is 2. The predicted octanol–water partition coefficient (Wildman–Crippen LogP) is 0.775. The van der Waals surface area contributed by atoms with Crippen molar-refractivity contribution in [2.75, 3.05) is 11.4 Å². The number of aromatic nitrogens is 2. The van der Waals surface area contributed by atoms with Crippen LogP contribution >= 0.6 is 0 Å². The molecule has 0 unspecified atom stereocenters. The molecular formula is C13H20N4O2. The van der Waals surface area contributed by atoms with Crippen LogP contribution < -0.4 is 10.6 Å². The molecule has 0 aromatic carbocycles. The maximum absolute atomic E-state index is 11.3. The van der Waals surface area contributed by atoms with E-state index in [0.29, 0.717) is 17.1 Å². The van der Waals surface area contributed by atoms with Gasteiger partial charge < -0.3 is 10.6 Å². The highest BCUT2D eigenvalue weighted by Crippen LogP contribution is 2.30. The molecule has 6 nitrogen and oxygen atoms in total. The SMILES string of the molecule is Cc1nn(C)c(N(CC(N)=O)C2CCCC2)c1C=O. The second-order valence-electron chi connectivity index (χ2n) is 5.10. The molecule has 1 aromatic heterocycles. The van der Waals surface area contributed by atoms with E-state index in [1.807, 2.05) is 4.90 Å². The Morgan fingerprint density at radius 2 is 2.16 bits per heavy atom. The minimum atomic E-state index is -0.386. The second-order valence-corrected chi connectivity index (χ2v) is 5.10. The van der Waals surface area contributed by atoms with E-state index >= 15 is 0 Å². The van der Waals surface area contributed by atoms with Gasteiger partial charge in [-0.2, -0.15) is 5.10 Å². The standard InChI is InChI=1S/C13H20N4O2/c1-9-11(8-18)13(16(2)15-9)17(7-12(14)19)10-5-3-4-6-10/h8,10H,3-7H2,1-2H3,(H2,14,19). The minimum Gasteiger partial charge on any atom is -0.368 e. The van der Waals surface area contributed by atoms with Gasteiger partial charge in [-0.25, -0.2) is 0 Å². The van der Waals surface area contributed by atoms with Crippen LogP contribution in [0, 0.1) is 6.92 Å². The Labute approximate surface area is 112 Å². The summed E-state index contributed by atoms with van der Waals surface area (Å²) >= 11 is 0. The van der Waals surface area contributed by atoms with Gasteiger partial charge in [0.2, 0.25) is 5.91 Å². The third-order valence-electron chi connectivity index (χ3n) is 3.72. The Hall–Kier alpha value is -1.85. The van der Waals surface area contributed by atoms with Gasteiger partial charge in [0.05, 0.1) is 17.8 Å². The summed E-state index contributed by atoms with van der Waals surface area (Å²) in [6.45, 7) is 1.93. The van der Waals surface area contributed by atoms with Gasteiger partial charge in [-0.05, 0) is 19.8 Å².